The summed E-state index contributed by atoms with van der Waals surface area (Å²) in [6, 6.07) is 3.32. The van der Waals surface area contributed by atoms with Crippen molar-refractivity contribution in [2.75, 3.05) is 20.2 Å². The first kappa shape index (κ1) is 17.3. The molecule has 1 aliphatic heterocycles. The van der Waals surface area contributed by atoms with Crippen LogP contribution in [-0.4, -0.2) is 64.4 Å². The molecule has 1 fully saturated rings. The zero-order chi connectivity index (χ0) is 18.0. The lowest BCUT2D eigenvalue weighted by Gasteiger charge is -2.31. The Morgan fingerprint density at radius 2 is 2.04 bits per heavy atom. The highest BCUT2D eigenvalue weighted by Crippen LogP contribution is 2.25. The van der Waals surface area contributed by atoms with Crippen LogP contribution in [0.15, 0.2) is 29.8 Å². The molecule has 2 aromatic heterocycles. The number of sulfone groups is 1. The molecule has 0 bridgehead atoms. The summed E-state index contributed by atoms with van der Waals surface area (Å²) in [7, 11) is -0.507. The van der Waals surface area contributed by atoms with Crippen molar-refractivity contribution in [3.8, 4) is 5.88 Å². The van der Waals surface area contributed by atoms with Crippen molar-refractivity contribution >= 4 is 15.7 Å². The number of carbonyl (C=O) groups excluding carboxylic acids is 1. The van der Waals surface area contributed by atoms with Gasteiger partial charge in [-0.25, -0.2) is 13.4 Å². The maximum absolute atomic E-state index is 12.7. The number of pyridine rings is 1. The van der Waals surface area contributed by atoms with E-state index < -0.39 is 15.1 Å². The number of rotatable bonds is 4. The number of likely N-dealkylation sites (tertiary alicyclic amines) is 1. The first-order valence-electron chi connectivity index (χ1n) is 7.81. The lowest BCUT2D eigenvalue weighted by atomic mass is 10.1. The number of carbonyl (C=O) groups is 1. The fraction of sp³-hybridized carbons (Fsp3) is 0.467. The molecular formula is C15H19N5O4S. The van der Waals surface area contributed by atoms with Crippen LogP contribution in [0.2, 0.25) is 0 Å². The van der Waals surface area contributed by atoms with Gasteiger partial charge in [-0.1, -0.05) is 0 Å². The molecule has 0 unspecified atom stereocenters. The van der Waals surface area contributed by atoms with Crippen LogP contribution in [0, 0.1) is 0 Å². The Morgan fingerprint density at radius 1 is 1.32 bits per heavy atom. The van der Waals surface area contributed by atoms with E-state index in [1.54, 1.807) is 30.3 Å². The molecule has 3 heterocycles. The zero-order valence-electron chi connectivity index (χ0n) is 14.0. The van der Waals surface area contributed by atoms with Crippen LogP contribution in [0.1, 0.15) is 23.2 Å². The fourth-order valence-corrected chi connectivity index (χ4v) is 4.67. The molecule has 0 spiro atoms. The Hall–Kier alpha value is -2.49. The minimum Gasteiger partial charge on any atom is -0.480 e. The van der Waals surface area contributed by atoms with Gasteiger partial charge < -0.3 is 14.2 Å². The number of amides is 1. The number of aryl methyl sites for hydroxylation is 1. The van der Waals surface area contributed by atoms with E-state index in [-0.39, 0.29) is 16.9 Å². The average Bonchev–Trinajstić information content (AvgIpc) is 3.08. The number of nitrogens with zero attached hydrogens (tertiary/aromatic N) is 5. The molecule has 1 aliphatic rings. The normalized spacial score (nSPS) is 16.0. The Morgan fingerprint density at radius 3 is 2.64 bits per heavy atom. The molecule has 2 aromatic rings. The fourth-order valence-electron chi connectivity index (χ4n) is 2.94. The molecule has 0 aliphatic carbocycles. The highest BCUT2D eigenvalue weighted by Gasteiger charge is 2.36. The number of hydrogen-bond acceptors (Lipinski definition) is 7. The van der Waals surface area contributed by atoms with Crippen molar-refractivity contribution in [3.05, 3.63) is 30.2 Å². The van der Waals surface area contributed by atoms with Crippen molar-refractivity contribution in [1.82, 2.24) is 24.6 Å². The van der Waals surface area contributed by atoms with E-state index >= 15 is 0 Å². The molecule has 0 atom stereocenters. The van der Waals surface area contributed by atoms with Gasteiger partial charge in [-0.2, -0.15) is 0 Å². The van der Waals surface area contributed by atoms with E-state index in [0.717, 1.165) is 0 Å². The summed E-state index contributed by atoms with van der Waals surface area (Å²) in [6.07, 6.45) is 3.61. The molecule has 9 nitrogen and oxygen atoms in total. The van der Waals surface area contributed by atoms with Gasteiger partial charge in [0.25, 0.3) is 5.91 Å². The topological polar surface area (TPSA) is 107 Å². The van der Waals surface area contributed by atoms with Crippen molar-refractivity contribution in [2.24, 2.45) is 7.05 Å². The lowest BCUT2D eigenvalue weighted by molar-refractivity contribution is 0.0721. The molecule has 25 heavy (non-hydrogen) atoms. The number of piperidine rings is 1. The Kier molecular flexibility index (Phi) is 4.71. The maximum atomic E-state index is 12.7. The second-order valence-electron chi connectivity index (χ2n) is 5.82. The van der Waals surface area contributed by atoms with Crippen molar-refractivity contribution in [2.45, 2.75) is 23.2 Å². The Bertz CT molecular complexity index is 872. The number of ether oxygens (including phenoxy) is 1. The number of aromatic nitrogens is 4. The van der Waals surface area contributed by atoms with E-state index in [9.17, 15) is 13.2 Å². The third kappa shape index (κ3) is 3.21. The van der Waals surface area contributed by atoms with Crippen molar-refractivity contribution in [1.29, 1.82) is 0 Å². The van der Waals surface area contributed by atoms with E-state index in [1.165, 1.54) is 18.0 Å². The van der Waals surface area contributed by atoms with Gasteiger partial charge in [-0.3, -0.25) is 4.79 Å². The largest absolute Gasteiger partial charge is 0.480 e. The van der Waals surface area contributed by atoms with Crippen LogP contribution in [0.4, 0.5) is 0 Å². The smallest absolute Gasteiger partial charge is 0.259 e. The molecule has 0 radical (unpaired) electrons. The van der Waals surface area contributed by atoms with E-state index in [0.29, 0.717) is 31.5 Å². The highest BCUT2D eigenvalue weighted by atomic mass is 32.2. The SMILES string of the molecule is COc1ncccc1C(=O)N1CCC(S(=O)(=O)c2nncn2C)CC1. The number of hydrogen-bond donors (Lipinski definition) is 0. The van der Waals surface area contributed by atoms with Crippen LogP contribution in [0.5, 0.6) is 5.88 Å². The van der Waals surface area contributed by atoms with E-state index in [1.807, 2.05) is 0 Å². The number of methoxy groups -OCH3 is 1. The summed E-state index contributed by atoms with van der Waals surface area (Å²) in [4.78, 5) is 18.3. The second kappa shape index (κ2) is 6.79. The molecule has 1 saturated heterocycles. The second-order valence-corrected chi connectivity index (χ2v) is 7.94. The summed E-state index contributed by atoms with van der Waals surface area (Å²) in [5.41, 5.74) is 0.375. The summed E-state index contributed by atoms with van der Waals surface area (Å²) in [5, 5.41) is 6.73. The van der Waals surface area contributed by atoms with E-state index in [4.69, 9.17) is 4.74 Å². The van der Waals surface area contributed by atoms with Gasteiger partial charge in [0.2, 0.25) is 20.9 Å². The highest BCUT2D eigenvalue weighted by molar-refractivity contribution is 7.91. The molecular weight excluding hydrogens is 346 g/mol. The van der Waals surface area contributed by atoms with Gasteiger partial charge in [0, 0.05) is 26.3 Å². The standard InChI is InChI=1S/C15H19N5O4S/c1-19-10-17-18-15(19)25(22,23)11-5-8-20(9-6-11)14(21)12-4-3-7-16-13(12)24-2/h3-4,7,10-11H,5-6,8-9H2,1-2H3. The van der Waals surface area contributed by atoms with Crippen molar-refractivity contribution in [3.63, 3.8) is 0 Å². The summed E-state index contributed by atoms with van der Waals surface area (Å²) in [6.45, 7) is 0.692. The Balaban J connectivity index is 1.72. The first-order valence-corrected chi connectivity index (χ1v) is 9.36. The predicted octanol–water partition coefficient (Wildman–Crippen LogP) is 0.297. The van der Waals surface area contributed by atoms with Gasteiger partial charge in [-0.05, 0) is 25.0 Å². The summed E-state index contributed by atoms with van der Waals surface area (Å²) < 4.78 is 31.8. The summed E-state index contributed by atoms with van der Waals surface area (Å²) >= 11 is 0. The predicted molar refractivity (Wildman–Crippen MR) is 87.9 cm³/mol. The quantitative estimate of drug-likeness (QED) is 0.767. The van der Waals surface area contributed by atoms with Gasteiger partial charge in [-0.15, -0.1) is 10.2 Å². The third-order valence-electron chi connectivity index (χ3n) is 4.29. The van der Waals surface area contributed by atoms with Crippen LogP contribution < -0.4 is 4.74 Å². The van der Waals surface area contributed by atoms with E-state index in [2.05, 4.69) is 15.2 Å². The zero-order valence-corrected chi connectivity index (χ0v) is 14.8. The summed E-state index contributed by atoms with van der Waals surface area (Å²) in [5.74, 6) is 0.0563. The molecule has 0 saturated carbocycles. The van der Waals surface area contributed by atoms with Crippen LogP contribution in [-0.2, 0) is 16.9 Å². The molecule has 0 aromatic carbocycles. The van der Waals surface area contributed by atoms with Gasteiger partial charge in [0.1, 0.15) is 11.9 Å². The van der Waals surface area contributed by atoms with Crippen LogP contribution in [0.25, 0.3) is 0 Å². The monoisotopic (exact) mass is 365 g/mol. The van der Waals surface area contributed by atoms with Gasteiger partial charge >= 0.3 is 0 Å². The first-order chi connectivity index (χ1) is 11.9. The van der Waals surface area contributed by atoms with Crippen LogP contribution in [0.3, 0.4) is 0 Å². The average molecular weight is 365 g/mol. The van der Waals surface area contributed by atoms with Gasteiger partial charge in [0.15, 0.2) is 0 Å². The molecule has 3 rings (SSSR count). The Labute approximate surface area is 145 Å². The van der Waals surface area contributed by atoms with Crippen LogP contribution >= 0.6 is 0 Å². The molecule has 134 valence electrons. The lowest BCUT2D eigenvalue weighted by Crippen LogP contribution is -2.43. The molecule has 0 N–H and O–H groups in total. The maximum Gasteiger partial charge on any atom is 0.259 e. The molecule has 1 amide bonds. The molecule has 10 heteroatoms. The minimum absolute atomic E-state index is 0.0359. The minimum atomic E-state index is -3.56. The van der Waals surface area contributed by atoms with Crippen molar-refractivity contribution < 1.29 is 17.9 Å². The van der Waals surface area contributed by atoms with Gasteiger partial charge in [0.05, 0.1) is 12.4 Å². The third-order valence-corrected chi connectivity index (χ3v) is 6.51.